The summed E-state index contributed by atoms with van der Waals surface area (Å²) in [6.45, 7) is 5.02. The Bertz CT molecular complexity index is 610. The lowest BCUT2D eigenvalue weighted by molar-refractivity contribution is 0.102. The smallest absolute Gasteiger partial charge is 0.276 e. The summed E-state index contributed by atoms with van der Waals surface area (Å²) in [5.41, 5.74) is 2.16. The van der Waals surface area contributed by atoms with Crippen LogP contribution in [0.2, 0.25) is 0 Å². The van der Waals surface area contributed by atoms with Gasteiger partial charge < -0.3 is 10.6 Å². The average Bonchev–Trinajstić information content (AvgIpc) is 2.52. The number of nitrogens with zero attached hydrogens (tertiary/aromatic N) is 2. The van der Waals surface area contributed by atoms with Crippen LogP contribution in [0.3, 0.4) is 0 Å². The van der Waals surface area contributed by atoms with E-state index in [0.29, 0.717) is 11.5 Å². The molecule has 0 aliphatic carbocycles. The number of anilines is 2. The fourth-order valence-corrected chi connectivity index (χ4v) is 2.06. The molecule has 2 N–H and O–H groups in total. The maximum Gasteiger partial charge on any atom is 0.276 e. The summed E-state index contributed by atoms with van der Waals surface area (Å²) in [6.07, 6.45) is 3.48. The van der Waals surface area contributed by atoms with Gasteiger partial charge >= 0.3 is 0 Å². The molecule has 0 fully saturated rings. The first-order valence-corrected chi connectivity index (χ1v) is 7.64. The van der Waals surface area contributed by atoms with Crippen LogP contribution in [0.15, 0.2) is 36.4 Å². The molecule has 0 radical (unpaired) electrons. The third kappa shape index (κ3) is 4.84. The average molecular weight is 298 g/mol. The van der Waals surface area contributed by atoms with Crippen molar-refractivity contribution < 1.29 is 4.79 Å². The van der Waals surface area contributed by atoms with Crippen molar-refractivity contribution >= 4 is 17.4 Å². The zero-order valence-corrected chi connectivity index (χ0v) is 13.1. The van der Waals surface area contributed by atoms with Crippen molar-refractivity contribution in [2.45, 2.75) is 33.1 Å². The summed E-state index contributed by atoms with van der Waals surface area (Å²) in [4.78, 5) is 12.1. The number of nitrogens with one attached hydrogen (secondary N) is 2. The molecule has 0 saturated carbocycles. The molecule has 0 unspecified atom stereocenters. The lowest BCUT2D eigenvalue weighted by Gasteiger charge is -2.07. The van der Waals surface area contributed by atoms with Crippen LogP contribution >= 0.6 is 0 Å². The molecule has 5 nitrogen and oxygen atoms in total. The molecule has 0 atom stereocenters. The summed E-state index contributed by atoms with van der Waals surface area (Å²) in [7, 11) is 0. The summed E-state index contributed by atoms with van der Waals surface area (Å²) in [5.74, 6) is 0.443. The number of rotatable bonds is 7. The van der Waals surface area contributed by atoms with Gasteiger partial charge in [-0.3, -0.25) is 4.79 Å². The Kier molecular flexibility index (Phi) is 5.89. The van der Waals surface area contributed by atoms with Crippen molar-refractivity contribution in [1.82, 2.24) is 10.2 Å². The van der Waals surface area contributed by atoms with E-state index in [0.717, 1.165) is 24.2 Å². The second-order valence-corrected chi connectivity index (χ2v) is 5.26. The molecule has 0 spiro atoms. The summed E-state index contributed by atoms with van der Waals surface area (Å²) in [6, 6.07) is 11.1. The van der Waals surface area contributed by atoms with Crippen LogP contribution < -0.4 is 10.6 Å². The van der Waals surface area contributed by atoms with Gasteiger partial charge in [0, 0.05) is 12.2 Å². The number of carbonyl (C=O) groups excluding carboxylic acids is 1. The van der Waals surface area contributed by atoms with E-state index in [1.165, 1.54) is 12.8 Å². The standard InChI is InChI=1S/C17H22N4O/c1-3-4-5-11-18-16-10-9-15(20-21-16)17(22)19-14-8-6-7-13(2)12-14/h6-10,12H,3-5,11H2,1-2H3,(H,18,21)(H,19,22). The first kappa shape index (κ1) is 15.9. The van der Waals surface area contributed by atoms with Gasteiger partial charge in [-0.15, -0.1) is 10.2 Å². The van der Waals surface area contributed by atoms with Gasteiger partial charge in [0.15, 0.2) is 5.69 Å². The van der Waals surface area contributed by atoms with Crippen LogP contribution in [0.5, 0.6) is 0 Å². The van der Waals surface area contributed by atoms with Crippen molar-refractivity contribution in [1.29, 1.82) is 0 Å². The van der Waals surface area contributed by atoms with Crippen LogP contribution in [0.1, 0.15) is 42.2 Å². The van der Waals surface area contributed by atoms with Gasteiger partial charge in [-0.1, -0.05) is 31.9 Å². The minimum absolute atomic E-state index is 0.254. The van der Waals surface area contributed by atoms with E-state index >= 15 is 0 Å². The first-order valence-electron chi connectivity index (χ1n) is 7.64. The number of amides is 1. The van der Waals surface area contributed by atoms with Gasteiger partial charge in [0.05, 0.1) is 0 Å². The topological polar surface area (TPSA) is 66.9 Å². The largest absolute Gasteiger partial charge is 0.369 e. The number of hydrogen-bond acceptors (Lipinski definition) is 4. The molecule has 22 heavy (non-hydrogen) atoms. The van der Waals surface area contributed by atoms with Gasteiger partial charge in [0.25, 0.3) is 5.91 Å². The van der Waals surface area contributed by atoms with Crippen LogP contribution in [-0.2, 0) is 0 Å². The van der Waals surface area contributed by atoms with Crippen LogP contribution in [-0.4, -0.2) is 22.6 Å². The van der Waals surface area contributed by atoms with Gasteiger partial charge in [0.1, 0.15) is 5.82 Å². The van der Waals surface area contributed by atoms with Gasteiger partial charge in [-0.25, -0.2) is 0 Å². The Balaban J connectivity index is 1.90. The van der Waals surface area contributed by atoms with Crippen LogP contribution in [0, 0.1) is 6.92 Å². The molecule has 116 valence electrons. The van der Waals surface area contributed by atoms with Crippen molar-refractivity contribution in [3.63, 3.8) is 0 Å². The molecule has 1 amide bonds. The van der Waals surface area contributed by atoms with Crippen molar-refractivity contribution in [3.8, 4) is 0 Å². The lowest BCUT2D eigenvalue weighted by Crippen LogP contribution is -2.15. The van der Waals surface area contributed by atoms with Crippen LogP contribution in [0.25, 0.3) is 0 Å². The predicted molar refractivity (Wildman–Crippen MR) is 89.2 cm³/mol. The Hall–Kier alpha value is -2.43. The van der Waals surface area contributed by atoms with E-state index in [2.05, 4.69) is 27.8 Å². The predicted octanol–water partition coefficient (Wildman–Crippen LogP) is 3.64. The fraction of sp³-hybridized carbons (Fsp3) is 0.353. The molecule has 2 aromatic rings. The maximum atomic E-state index is 12.1. The maximum absolute atomic E-state index is 12.1. The fourth-order valence-electron chi connectivity index (χ4n) is 2.06. The lowest BCUT2D eigenvalue weighted by atomic mass is 10.2. The zero-order chi connectivity index (χ0) is 15.8. The molecule has 0 bridgehead atoms. The highest BCUT2D eigenvalue weighted by atomic mass is 16.1. The summed E-state index contributed by atoms with van der Waals surface area (Å²) in [5, 5.41) is 14.0. The second kappa shape index (κ2) is 8.12. The Morgan fingerprint density at radius 1 is 1.14 bits per heavy atom. The molecule has 1 aromatic heterocycles. The normalized spacial score (nSPS) is 10.3. The van der Waals surface area contributed by atoms with E-state index < -0.39 is 0 Å². The summed E-state index contributed by atoms with van der Waals surface area (Å²) >= 11 is 0. The van der Waals surface area contributed by atoms with Crippen molar-refractivity contribution in [2.24, 2.45) is 0 Å². The number of aryl methyl sites for hydroxylation is 1. The van der Waals surface area contributed by atoms with Gasteiger partial charge in [-0.2, -0.15) is 0 Å². The molecule has 2 rings (SSSR count). The number of unbranched alkanes of at least 4 members (excludes halogenated alkanes) is 2. The molecule has 1 aromatic carbocycles. The number of aromatic nitrogens is 2. The first-order chi connectivity index (χ1) is 10.7. The van der Waals surface area contributed by atoms with E-state index in [-0.39, 0.29) is 5.91 Å². The number of benzene rings is 1. The number of hydrogen-bond donors (Lipinski definition) is 2. The second-order valence-electron chi connectivity index (χ2n) is 5.26. The minimum atomic E-state index is -0.254. The van der Waals surface area contributed by atoms with Crippen molar-refractivity contribution in [3.05, 3.63) is 47.7 Å². The quantitative estimate of drug-likeness (QED) is 0.766. The highest BCUT2D eigenvalue weighted by molar-refractivity contribution is 6.02. The van der Waals surface area contributed by atoms with Crippen molar-refractivity contribution in [2.75, 3.05) is 17.2 Å². The Morgan fingerprint density at radius 2 is 2.00 bits per heavy atom. The van der Waals surface area contributed by atoms with E-state index in [9.17, 15) is 4.79 Å². The highest BCUT2D eigenvalue weighted by Gasteiger charge is 2.08. The Morgan fingerprint density at radius 3 is 2.68 bits per heavy atom. The van der Waals surface area contributed by atoms with E-state index in [1.54, 1.807) is 12.1 Å². The molecule has 5 heteroatoms. The monoisotopic (exact) mass is 298 g/mol. The molecule has 0 saturated heterocycles. The van der Waals surface area contributed by atoms with E-state index in [1.807, 2.05) is 31.2 Å². The molecular formula is C17H22N4O. The molecule has 0 aliphatic heterocycles. The highest BCUT2D eigenvalue weighted by Crippen LogP contribution is 2.11. The summed E-state index contributed by atoms with van der Waals surface area (Å²) < 4.78 is 0. The van der Waals surface area contributed by atoms with Gasteiger partial charge in [0.2, 0.25) is 0 Å². The third-order valence-corrected chi connectivity index (χ3v) is 3.26. The Labute approximate surface area is 131 Å². The molecule has 0 aliphatic rings. The molecular weight excluding hydrogens is 276 g/mol. The molecule has 1 heterocycles. The minimum Gasteiger partial charge on any atom is -0.369 e. The van der Waals surface area contributed by atoms with Crippen LogP contribution in [0.4, 0.5) is 11.5 Å². The zero-order valence-electron chi connectivity index (χ0n) is 13.1. The number of carbonyl (C=O) groups is 1. The van der Waals surface area contributed by atoms with E-state index in [4.69, 9.17) is 0 Å². The SMILES string of the molecule is CCCCCNc1ccc(C(=O)Nc2cccc(C)c2)nn1. The third-order valence-electron chi connectivity index (χ3n) is 3.26. The van der Waals surface area contributed by atoms with Gasteiger partial charge in [-0.05, 0) is 43.2 Å².